The molecule has 1 aromatic carbocycles. The lowest BCUT2D eigenvalue weighted by Crippen LogP contribution is -2.49. The van der Waals surface area contributed by atoms with Gasteiger partial charge in [-0.25, -0.2) is 4.39 Å². The van der Waals surface area contributed by atoms with Gasteiger partial charge in [-0.3, -0.25) is 9.69 Å². The van der Waals surface area contributed by atoms with Gasteiger partial charge in [-0.05, 0) is 54.2 Å². The Morgan fingerprint density at radius 1 is 1.39 bits per heavy atom. The van der Waals surface area contributed by atoms with Crippen molar-refractivity contribution in [2.75, 3.05) is 13.7 Å². The molecular weight excluding hydrogens is 408 g/mol. The maximum absolute atomic E-state index is 13.2. The standard InChI is InChI=1S/C18H21FINO2/c1-21-14-7-8-16(21)17(18(22)23-10-2-9-20)15(11-14)12-3-5-13(19)6-4-12/h2-6,9,14-17H,7-8,10-11H2,1H3/b9-2-. The van der Waals surface area contributed by atoms with Gasteiger partial charge in [0, 0.05) is 18.0 Å². The number of carbonyl (C=O) groups is 1. The molecule has 0 aromatic heterocycles. The second kappa shape index (κ2) is 7.30. The van der Waals surface area contributed by atoms with Gasteiger partial charge in [-0.15, -0.1) is 0 Å². The van der Waals surface area contributed by atoms with Gasteiger partial charge in [0.15, 0.2) is 0 Å². The van der Waals surface area contributed by atoms with Crippen LogP contribution < -0.4 is 0 Å². The van der Waals surface area contributed by atoms with Crippen LogP contribution in [0.2, 0.25) is 0 Å². The van der Waals surface area contributed by atoms with Crippen molar-refractivity contribution in [3.05, 3.63) is 45.8 Å². The average molecular weight is 429 g/mol. The van der Waals surface area contributed by atoms with Crippen molar-refractivity contribution in [2.24, 2.45) is 5.92 Å². The fourth-order valence-electron chi connectivity index (χ4n) is 4.10. The van der Waals surface area contributed by atoms with Crippen molar-refractivity contribution in [3.63, 3.8) is 0 Å². The lowest BCUT2D eigenvalue weighted by molar-refractivity contribution is -0.152. The number of rotatable bonds is 4. The summed E-state index contributed by atoms with van der Waals surface area (Å²) in [6.45, 7) is 0.314. The van der Waals surface area contributed by atoms with Gasteiger partial charge in [0.05, 0.1) is 5.92 Å². The van der Waals surface area contributed by atoms with Gasteiger partial charge in [-0.1, -0.05) is 34.7 Å². The molecule has 124 valence electrons. The van der Waals surface area contributed by atoms with Crippen molar-refractivity contribution in [3.8, 4) is 0 Å². The molecular formula is C18H21FINO2. The van der Waals surface area contributed by atoms with E-state index in [9.17, 15) is 9.18 Å². The number of nitrogens with zero attached hydrogens (tertiary/aromatic N) is 1. The number of fused-ring (bicyclic) bond motifs is 2. The van der Waals surface area contributed by atoms with Gasteiger partial charge >= 0.3 is 5.97 Å². The number of esters is 1. The fourth-order valence-corrected chi connectivity index (χ4v) is 4.31. The molecule has 3 nitrogen and oxygen atoms in total. The van der Waals surface area contributed by atoms with E-state index < -0.39 is 0 Å². The van der Waals surface area contributed by atoms with Crippen LogP contribution in [-0.4, -0.2) is 36.6 Å². The minimum absolute atomic E-state index is 0.111. The summed E-state index contributed by atoms with van der Waals surface area (Å²) in [4.78, 5) is 15.0. The van der Waals surface area contributed by atoms with E-state index in [1.807, 2.05) is 22.3 Å². The largest absolute Gasteiger partial charge is 0.461 e. The molecule has 0 saturated carbocycles. The summed E-state index contributed by atoms with van der Waals surface area (Å²) in [6.07, 6.45) is 4.91. The number of halogens is 2. The first-order chi connectivity index (χ1) is 11.1. The van der Waals surface area contributed by atoms with Crippen LogP contribution in [0, 0.1) is 11.7 Å². The molecule has 0 spiro atoms. The van der Waals surface area contributed by atoms with Crippen LogP contribution in [0.25, 0.3) is 0 Å². The number of benzene rings is 1. The van der Waals surface area contributed by atoms with E-state index in [-0.39, 0.29) is 29.7 Å². The third-order valence-corrected chi connectivity index (χ3v) is 5.76. The van der Waals surface area contributed by atoms with Crippen molar-refractivity contribution < 1.29 is 13.9 Å². The average Bonchev–Trinajstić information content (AvgIpc) is 2.78. The Bertz CT molecular complexity index is 589. The molecule has 2 aliphatic rings. The molecule has 2 bridgehead atoms. The Kier molecular flexibility index (Phi) is 5.36. The minimum Gasteiger partial charge on any atom is -0.461 e. The van der Waals surface area contributed by atoms with Crippen LogP contribution in [0.5, 0.6) is 0 Å². The monoisotopic (exact) mass is 429 g/mol. The van der Waals surface area contributed by atoms with Crippen LogP contribution in [0.3, 0.4) is 0 Å². The van der Waals surface area contributed by atoms with Crippen molar-refractivity contribution >= 4 is 28.6 Å². The lowest BCUT2D eigenvalue weighted by atomic mass is 9.76. The molecule has 5 heteroatoms. The Balaban J connectivity index is 1.86. The van der Waals surface area contributed by atoms with Crippen LogP contribution in [0.4, 0.5) is 4.39 Å². The zero-order chi connectivity index (χ0) is 16.4. The second-order valence-electron chi connectivity index (χ2n) is 6.38. The summed E-state index contributed by atoms with van der Waals surface area (Å²) in [5.74, 6) is -0.436. The summed E-state index contributed by atoms with van der Waals surface area (Å²) < 4.78 is 20.5. The molecule has 3 rings (SSSR count). The van der Waals surface area contributed by atoms with E-state index in [0.717, 1.165) is 24.8 Å². The number of hydrogen-bond donors (Lipinski definition) is 0. The Labute approximate surface area is 150 Å². The first kappa shape index (κ1) is 16.9. The molecule has 0 amide bonds. The third-order valence-electron chi connectivity index (χ3n) is 5.25. The molecule has 4 atom stereocenters. The number of piperidine rings is 1. The number of carbonyl (C=O) groups excluding carboxylic acids is 1. The van der Waals surface area contributed by atoms with E-state index in [1.54, 1.807) is 0 Å². The molecule has 1 aromatic rings. The van der Waals surface area contributed by atoms with Crippen LogP contribution in [-0.2, 0) is 9.53 Å². The maximum Gasteiger partial charge on any atom is 0.311 e. The fraction of sp³-hybridized carbons (Fsp3) is 0.500. The normalized spacial score (nSPS) is 30.7. The number of hydrogen-bond acceptors (Lipinski definition) is 3. The Hall–Kier alpha value is -0.950. The Morgan fingerprint density at radius 2 is 2.13 bits per heavy atom. The van der Waals surface area contributed by atoms with Crippen molar-refractivity contribution in [1.82, 2.24) is 4.90 Å². The highest BCUT2D eigenvalue weighted by molar-refractivity contribution is 14.1. The summed E-state index contributed by atoms with van der Waals surface area (Å²) in [6, 6.07) is 7.33. The summed E-state index contributed by atoms with van der Waals surface area (Å²) in [7, 11) is 2.11. The summed E-state index contributed by atoms with van der Waals surface area (Å²) in [5, 5.41) is 0. The molecule has 23 heavy (non-hydrogen) atoms. The Morgan fingerprint density at radius 3 is 2.83 bits per heavy atom. The predicted octanol–water partition coefficient (Wildman–Crippen LogP) is 3.88. The predicted molar refractivity (Wildman–Crippen MR) is 95.9 cm³/mol. The van der Waals surface area contributed by atoms with Gasteiger partial charge in [-0.2, -0.15) is 0 Å². The highest BCUT2D eigenvalue weighted by atomic mass is 127. The SMILES string of the molecule is CN1C2CCC1C(C(=O)OC/C=C\I)C(c1ccc(F)cc1)C2. The minimum atomic E-state index is -0.240. The van der Waals surface area contributed by atoms with Gasteiger partial charge < -0.3 is 4.74 Å². The van der Waals surface area contributed by atoms with Gasteiger partial charge in [0.2, 0.25) is 0 Å². The van der Waals surface area contributed by atoms with Gasteiger partial charge in [0.1, 0.15) is 12.4 Å². The van der Waals surface area contributed by atoms with E-state index in [4.69, 9.17) is 4.74 Å². The van der Waals surface area contributed by atoms with Crippen molar-refractivity contribution in [2.45, 2.75) is 37.3 Å². The maximum atomic E-state index is 13.2. The molecule has 0 N–H and O–H groups in total. The van der Waals surface area contributed by atoms with E-state index in [2.05, 4.69) is 34.5 Å². The smallest absolute Gasteiger partial charge is 0.311 e. The first-order valence-corrected chi connectivity index (χ1v) is 9.25. The third kappa shape index (κ3) is 3.45. The molecule has 2 fully saturated rings. The molecule has 4 unspecified atom stereocenters. The zero-order valence-electron chi connectivity index (χ0n) is 13.1. The van der Waals surface area contributed by atoms with E-state index in [1.165, 1.54) is 12.1 Å². The molecule has 2 saturated heterocycles. The van der Waals surface area contributed by atoms with Crippen LogP contribution in [0.1, 0.15) is 30.7 Å². The topological polar surface area (TPSA) is 29.5 Å². The highest BCUT2D eigenvalue weighted by Crippen LogP contribution is 2.46. The lowest BCUT2D eigenvalue weighted by Gasteiger charge is -2.41. The van der Waals surface area contributed by atoms with Crippen molar-refractivity contribution in [1.29, 1.82) is 0 Å². The summed E-state index contributed by atoms with van der Waals surface area (Å²) in [5.41, 5.74) is 1.04. The van der Waals surface area contributed by atoms with Crippen LogP contribution in [0.15, 0.2) is 34.4 Å². The number of ether oxygens (including phenoxy) is 1. The van der Waals surface area contributed by atoms with Gasteiger partial charge in [0.25, 0.3) is 0 Å². The highest BCUT2D eigenvalue weighted by Gasteiger charge is 2.49. The molecule has 0 aliphatic carbocycles. The molecule has 2 heterocycles. The van der Waals surface area contributed by atoms with E-state index in [0.29, 0.717) is 12.6 Å². The molecule has 0 radical (unpaired) electrons. The van der Waals surface area contributed by atoms with Crippen LogP contribution >= 0.6 is 22.6 Å². The summed E-state index contributed by atoms with van der Waals surface area (Å²) >= 11 is 2.11. The quantitative estimate of drug-likeness (QED) is 0.538. The van der Waals surface area contributed by atoms with E-state index >= 15 is 0 Å². The first-order valence-electron chi connectivity index (χ1n) is 8.01. The zero-order valence-corrected chi connectivity index (χ0v) is 15.3. The molecule has 2 aliphatic heterocycles. The second-order valence-corrected chi connectivity index (χ2v) is 7.09.